The van der Waals surface area contributed by atoms with Gasteiger partial charge in [0.2, 0.25) is 0 Å². The lowest BCUT2D eigenvalue weighted by atomic mass is 10.2. The van der Waals surface area contributed by atoms with Gasteiger partial charge in [-0.05, 0) is 24.4 Å². The lowest BCUT2D eigenvalue weighted by Crippen LogP contribution is -2.36. The number of nitrogens with zero attached hydrogens (tertiary/aromatic N) is 1. The third-order valence-corrected chi connectivity index (χ3v) is 5.85. The second-order valence-electron chi connectivity index (χ2n) is 6.83. The first-order valence-electron chi connectivity index (χ1n) is 9.27. The summed E-state index contributed by atoms with van der Waals surface area (Å²) in [5.41, 5.74) is -3.80. The first kappa shape index (κ1) is 25.3. The number of thiocarbonyl (C=S) groups is 1. The van der Waals surface area contributed by atoms with Crippen LogP contribution in [0.2, 0.25) is 10.0 Å². The molecule has 0 spiro atoms. The standard InChI is InChI=1S/C20H15Cl2F3N2O5S/c1-2-6-30-13-7-15(27-8-11(20(23,24)25)17(28)26-19(27)29)32-14(13)9-31-18(33)10-4-3-5-12(21)16(10)22/h1,3-5,8,13-15H,6-7,9H2,(H,26,28,29)/t13-,14+,15+/m0/s1. The Morgan fingerprint density at radius 3 is 2.76 bits per heavy atom. The molecule has 33 heavy (non-hydrogen) atoms. The Morgan fingerprint density at radius 1 is 1.36 bits per heavy atom. The zero-order valence-electron chi connectivity index (χ0n) is 16.5. The number of hydrogen-bond donors (Lipinski definition) is 1. The molecule has 0 amide bonds. The Kier molecular flexibility index (Phi) is 7.87. The molecule has 0 radical (unpaired) electrons. The van der Waals surface area contributed by atoms with Crippen LogP contribution in [0, 0.1) is 12.3 Å². The highest BCUT2D eigenvalue weighted by Crippen LogP contribution is 2.32. The van der Waals surface area contributed by atoms with Crippen molar-refractivity contribution in [1.29, 1.82) is 0 Å². The van der Waals surface area contributed by atoms with Crippen molar-refractivity contribution in [2.24, 2.45) is 0 Å². The number of terminal acetylenes is 1. The molecule has 1 fully saturated rings. The summed E-state index contributed by atoms with van der Waals surface area (Å²) in [5, 5.41) is 0.463. The first-order valence-corrected chi connectivity index (χ1v) is 10.4. The van der Waals surface area contributed by atoms with Gasteiger partial charge < -0.3 is 14.2 Å². The maximum absolute atomic E-state index is 13.1. The maximum Gasteiger partial charge on any atom is 0.423 e. The van der Waals surface area contributed by atoms with Crippen LogP contribution in [-0.4, -0.2) is 40.0 Å². The molecule has 3 rings (SSSR count). The van der Waals surface area contributed by atoms with Gasteiger partial charge in [0.1, 0.15) is 31.1 Å². The average molecular weight is 523 g/mol. The SMILES string of the molecule is C#CCO[C@H]1C[C@H](n2cc(C(F)(F)F)c(=O)[nH]c2=O)O[C@@H]1COC(=S)c1cccc(Cl)c1Cl. The summed E-state index contributed by atoms with van der Waals surface area (Å²) in [5.74, 6) is 2.28. The van der Waals surface area contributed by atoms with E-state index in [0.29, 0.717) is 16.3 Å². The normalized spacial score (nSPS) is 20.4. The number of nitrogens with one attached hydrogen (secondary N) is 1. The Hall–Kier alpha value is -2.36. The van der Waals surface area contributed by atoms with E-state index >= 15 is 0 Å². The van der Waals surface area contributed by atoms with Gasteiger partial charge in [0.05, 0.1) is 16.1 Å². The van der Waals surface area contributed by atoms with E-state index in [1.165, 1.54) is 0 Å². The molecule has 1 saturated heterocycles. The summed E-state index contributed by atoms with van der Waals surface area (Å²) in [4.78, 5) is 25.4. The minimum atomic E-state index is -4.97. The number of aromatic nitrogens is 2. The molecular formula is C20H15Cl2F3N2O5S. The fraction of sp³-hybridized carbons (Fsp3) is 0.350. The molecule has 2 heterocycles. The van der Waals surface area contributed by atoms with E-state index in [2.05, 4.69) is 5.92 Å². The maximum atomic E-state index is 13.1. The second-order valence-corrected chi connectivity index (χ2v) is 7.98. The van der Waals surface area contributed by atoms with Crippen molar-refractivity contribution in [2.75, 3.05) is 13.2 Å². The fourth-order valence-electron chi connectivity index (χ4n) is 3.15. The zero-order chi connectivity index (χ0) is 24.3. The number of ether oxygens (including phenoxy) is 3. The van der Waals surface area contributed by atoms with Crippen molar-refractivity contribution in [1.82, 2.24) is 9.55 Å². The molecule has 2 aromatic rings. The van der Waals surface area contributed by atoms with E-state index in [1.807, 2.05) is 0 Å². The van der Waals surface area contributed by atoms with Gasteiger partial charge in [-0.2, -0.15) is 13.2 Å². The Balaban J connectivity index is 1.81. The molecule has 0 bridgehead atoms. The minimum absolute atomic E-state index is 0.00538. The van der Waals surface area contributed by atoms with Crippen LogP contribution in [0.1, 0.15) is 23.8 Å². The zero-order valence-corrected chi connectivity index (χ0v) is 18.9. The highest BCUT2D eigenvalue weighted by molar-refractivity contribution is 7.80. The number of alkyl halides is 3. The summed E-state index contributed by atoms with van der Waals surface area (Å²) < 4.78 is 56.8. The second kappa shape index (κ2) is 10.3. The van der Waals surface area contributed by atoms with Crippen molar-refractivity contribution in [3.63, 3.8) is 0 Å². The summed E-state index contributed by atoms with van der Waals surface area (Å²) in [7, 11) is 0. The largest absolute Gasteiger partial charge is 0.480 e. The molecule has 7 nitrogen and oxygen atoms in total. The van der Waals surface area contributed by atoms with E-state index in [1.54, 1.807) is 23.2 Å². The van der Waals surface area contributed by atoms with Crippen LogP contribution in [0.4, 0.5) is 13.2 Å². The molecule has 0 saturated carbocycles. The fourth-order valence-corrected chi connectivity index (χ4v) is 3.83. The molecule has 1 aromatic heterocycles. The molecular weight excluding hydrogens is 508 g/mol. The van der Waals surface area contributed by atoms with Gasteiger partial charge in [-0.15, -0.1) is 6.42 Å². The van der Waals surface area contributed by atoms with Crippen LogP contribution < -0.4 is 11.2 Å². The molecule has 176 valence electrons. The molecule has 1 aromatic carbocycles. The topological polar surface area (TPSA) is 82.6 Å². The summed E-state index contributed by atoms with van der Waals surface area (Å²) in [6, 6.07) is 4.79. The molecule has 13 heteroatoms. The molecule has 1 aliphatic heterocycles. The summed E-state index contributed by atoms with van der Waals surface area (Å²) >= 11 is 17.3. The average Bonchev–Trinajstić information content (AvgIpc) is 3.14. The van der Waals surface area contributed by atoms with Gasteiger partial charge in [0, 0.05) is 18.2 Å². The van der Waals surface area contributed by atoms with E-state index in [0.717, 1.165) is 0 Å². The Morgan fingerprint density at radius 2 is 2.09 bits per heavy atom. The highest BCUT2D eigenvalue weighted by Gasteiger charge is 2.40. The van der Waals surface area contributed by atoms with Crippen molar-refractivity contribution in [3.05, 3.63) is 66.4 Å². The Labute approximate surface area is 200 Å². The number of benzene rings is 1. The van der Waals surface area contributed by atoms with Crippen LogP contribution in [0.5, 0.6) is 0 Å². The Bertz CT molecular complexity index is 1210. The molecule has 3 atom stereocenters. The lowest BCUT2D eigenvalue weighted by Gasteiger charge is -2.19. The number of rotatable bonds is 6. The molecule has 1 N–H and O–H groups in total. The lowest BCUT2D eigenvalue weighted by molar-refractivity contribution is -0.139. The van der Waals surface area contributed by atoms with Crippen LogP contribution in [0.25, 0.3) is 0 Å². The van der Waals surface area contributed by atoms with Gasteiger partial charge in [-0.3, -0.25) is 14.3 Å². The van der Waals surface area contributed by atoms with E-state index in [9.17, 15) is 22.8 Å². The van der Waals surface area contributed by atoms with Crippen LogP contribution in [0.3, 0.4) is 0 Å². The molecule has 1 aliphatic rings. The van der Waals surface area contributed by atoms with Gasteiger partial charge >= 0.3 is 11.9 Å². The molecule has 0 aliphatic carbocycles. The predicted molar refractivity (Wildman–Crippen MR) is 118 cm³/mol. The van der Waals surface area contributed by atoms with Gasteiger partial charge in [-0.25, -0.2) is 4.79 Å². The third kappa shape index (κ3) is 5.77. The first-order chi connectivity index (χ1) is 15.5. The number of H-pyrrole nitrogens is 1. The van der Waals surface area contributed by atoms with Crippen LogP contribution in [-0.2, 0) is 20.4 Å². The third-order valence-electron chi connectivity index (χ3n) is 4.69. The van der Waals surface area contributed by atoms with Crippen molar-refractivity contribution < 1.29 is 27.4 Å². The van der Waals surface area contributed by atoms with Gasteiger partial charge in [0.25, 0.3) is 5.56 Å². The van der Waals surface area contributed by atoms with E-state index < -0.39 is 41.4 Å². The highest BCUT2D eigenvalue weighted by atomic mass is 35.5. The van der Waals surface area contributed by atoms with Crippen LogP contribution >= 0.6 is 35.4 Å². The molecule has 0 unspecified atom stereocenters. The van der Waals surface area contributed by atoms with E-state index in [4.69, 9.17) is 56.1 Å². The van der Waals surface area contributed by atoms with Crippen LogP contribution in [0.15, 0.2) is 34.0 Å². The predicted octanol–water partition coefficient (Wildman–Crippen LogP) is 3.56. The number of hydrogen-bond acceptors (Lipinski definition) is 6. The van der Waals surface area contributed by atoms with Crippen molar-refractivity contribution in [2.45, 2.75) is 31.0 Å². The quantitative estimate of drug-likeness (QED) is 0.461. The minimum Gasteiger partial charge on any atom is -0.480 e. The number of halogens is 5. The van der Waals surface area contributed by atoms with Gasteiger partial charge in [0.15, 0.2) is 5.05 Å². The smallest absolute Gasteiger partial charge is 0.423 e. The summed E-state index contributed by atoms with van der Waals surface area (Å²) in [6.45, 7) is -0.298. The van der Waals surface area contributed by atoms with Crippen molar-refractivity contribution in [3.8, 4) is 12.3 Å². The van der Waals surface area contributed by atoms with Gasteiger partial charge in [-0.1, -0.05) is 35.2 Å². The van der Waals surface area contributed by atoms with E-state index in [-0.39, 0.29) is 34.7 Å². The number of aromatic amines is 1. The summed E-state index contributed by atoms with van der Waals surface area (Å²) in [6.07, 6.45) is -2.16. The van der Waals surface area contributed by atoms with Crippen molar-refractivity contribution >= 4 is 40.5 Å². The monoisotopic (exact) mass is 522 g/mol.